The van der Waals surface area contributed by atoms with Crippen molar-refractivity contribution in [1.82, 2.24) is 9.88 Å². The largest absolute Gasteiger partial charge is 0.350 e. The van der Waals surface area contributed by atoms with Crippen LogP contribution in [0.4, 0.5) is 0 Å². The molecule has 0 radical (unpaired) electrons. The summed E-state index contributed by atoms with van der Waals surface area (Å²) in [6.07, 6.45) is 2.93. The number of hydrogen-bond donors (Lipinski definition) is 1. The van der Waals surface area contributed by atoms with E-state index in [1.165, 1.54) is 11.1 Å². The van der Waals surface area contributed by atoms with Gasteiger partial charge in [-0.3, -0.25) is 4.79 Å². The van der Waals surface area contributed by atoms with Crippen molar-refractivity contribution in [1.29, 1.82) is 0 Å². The molecule has 1 N–H and O–H groups in total. The molecule has 0 saturated carbocycles. The molecular weight excluding hydrogens is 224 g/mol. The fourth-order valence-electron chi connectivity index (χ4n) is 2.39. The lowest BCUT2D eigenvalue weighted by molar-refractivity contribution is 0.0993. The average molecular weight is 244 g/mol. The van der Waals surface area contributed by atoms with Gasteiger partial charge in [-0.15, -0.1) is 0 Å². The van der Waals surface area contributed by atoms with Crippen LogP contribution in [0.15, 0.2) is 24.4 Å². The van der Waals surface area contributed by atoms with Crippen LogP contribution >= 0.6 is 0 Å². The maximum Gasteiger partial charge on any atom is 0.178 e. The van der Waals surface area contributed by atoms with Crippen LogP contribution in [0.1, 0.15) is 29.8 Å². The third-order valence-corrected chi connectivity index (χ3v) is 3.30. The second-order valence-electron chi connectivity index (χ2n) is 4.52. The molecule has 96 valence electrons. The molecule has 0 spiro atoms. The summed E-state index contributed by atoms with van der Waals surface area (Å²) in [5.74, 6) is 0.163. The lowest BCUT2D eigenvalue weighted by atomic mass is 10.0. The molecule has 3 nitrogen and oxygen atoms in total. The fraction of sp³-hybridized carbons (Fsp3) is 0.400. The fourth-order valence-corrected chi connectivity index (χ4v) is 2.39. The molecule has 2 aromatic rings. The van der Waals surface area contributed by atoms with Crippen molar-refractivity contribution in [3.8, 4) is 0 Å². The van der Waals surface area contributed by atoms with Crippen LogP contribution in [0.5, 0.6) is 0 Å². The highest BCUT2D eigenvalue weighted by atomic mass is 16.1. The van der Waals surface area contributed by atoms with Crippen LogP contribution in [0.25, 0.3) is 10.9 Å². The molecule has 0 fully saturated rings. The molecule has 0 aliphatic rings. The lowest BCUT2D eigenvalue weighted by Crippen LogP contribution is -2.22. The van der Waals surface area contributed by atoms with E-state index in [2.05, 4.69) is 22.9 Å². The van der Waals surface area contributed by atoms with E-state index in [1.807, 2.05) is 32.3 Å². The Bertz CT molecular complexity index is 569. The van der Waals surface area contributed by atoms with Crippen LogP contribution in [0.2, 0.25) is 0 Å². The molecule has 1 aromatic carbocycles. The van der Waals surface area contributed by atoms with Crippen molar-refractivity contribution in [3.63, 3.8) is 0 Å². The summed E-state index contributed by atoms with van der Waals surface area (Å²) in [4.78, 5) is 12.2. The quantitative estimate of drug-likeness (QED) is 0.820. The second-order valence-corrected chi connectivity index (χ2v) is 4.52. The summed E-state index contributed by atoms with van der Waals surface area (Å²) in [5.41, 5.74) is 3.29. The molecule has 18 heavy (non-hydrogen) atoms. The predicted molar refractivity (Wildman–Crippen MR) is 75.2 cm³/mol. The number of carbonyl (C=O) groups is 1. The summed E-state index contributed by atoms with van der Waals surface area (Å²) in [5, 5.41) is 4.16. The number of nitrogens with one attached hydrogen (secondary N) is 1. The number of Topliss-reactive ketones (excluding diaryl/α,β-unsaturated/α-hetero) is 1. The van der Waals surface area contributed by atoms with E-state index in [-0.39, 0.29) is 5.78 Å². The highest BCUT2D eigenvalue weighted by molar-refractivity contribution is 6.09. The number of benzene rings is 1. The molecule has 0 unspecified atom stereocenters. The number of nitrogens with zero attached hydrogens (tertiary/aromatic N) is 1. The SMILES string of the molecule is CCNCC(=O)c1cn(C)c2c(CC)cccc12. The molecule has 0 bridgehead atoms. The minimum absolute atomic E-state index is 0.163. The number of aryl methyl sites for hydroxylation is 2. The Morgan fingerprint density at radius 2 is 2.11 bits per heavy atom. The first-order chi connectivity index (χ1) is 8.69. The van der Waals surface area contributed by atoms with Gasteiger partial charge in [0.15, 0.2) is 5.78 Å². The summed E-state index contributed by atoms with van der Waals surface area (Å²) < 4.78 is 2.06. The number of rotatable bonds is 5. The Balaban J connectivity index is 2.50. The molecule has 0 aliphatic carbocycles. The third-order valence-electron chi connectivity index (χ3n) is 3.30. The number of likely N-dealkylation sites (N-methyl/N-ethyl adjacent to an activating group) is 1. The number of fused-ring (bicyclic) bond motifs is 1. The smallest absolute Gasteiger partial charge is 0.178 e. The number of ketones is 1. The maximum absolute atomic E-state index is 12.2. The Hall–Kier alpha value is -1.61. The van der Waals surface area contributed by atoms with Crippen molar-refractivity contribution in [2.45, 2.75) is 20.3 Å². The molecule has 3 heteroatoms. The minimum Gasteiger partial charge on any atom is -0.350 e. The first-order valence-corrected chi connectivity index (χ1v) is 6.49. The number of hydrogen-bond acceptors (Lipinski definition) is 2. The zero-order chi connectivity index (χ0) is 13.1. The zero-order valence-electron chi connectivity index (χ0n) is 11.3. The second kappa shape index (κ2) is 5.36. The topological polar surface area (TPSA) is 34.0 Å². The van der Waals surface area contributed by atoms with Gasteiger partial charge in [-0.25, -0.2) is 0 Å². The van der Waals surface area contributed by atoms with E-state index in [9.17, 15) is 4.79 Å². The van der Waals surface area contributed by atoms with E-state index in [1.54, 1.807) is 0 Å². The van der Waals surface area contributed by atoms with Gasteiger partial charge >= 0.3 is 0 Å². The molecule has 0 amide bonds. The Labute approximate surface area is 108 Å². The number of carbonyl (C=O) groups excluding carboxylic acids is 1. The number of para-hydroxylation sites is 1. The molecule has 0 atom stereocenters. The minimum atomic E-state index is 0.163. The van der Waals surface area contributed by atoms with Gasteiger partial charge in [-0.1, -0.05) is 32.0 Å². The first-order valence-electron chi connectivity index (χ1n) is 6.49. The van der Waals surface area contributed by atoms with Crippen LogP contribution in [-0.2, 0) is 13.5 Å². The van der Waals surface area contributed by atoms with Gasteiger partial charge < -0.3 is 9.88 Å². The standard InChI is InChI=1S/C15H20N2O/c1-4-11-7-6-8-12-13(10-17(3)15(11)12)14(18)9-16-5-2/h6-8,10,16H,4-5,9H2,1-3H3. The zero-order valence-corrected chi connectivity index (χ0v) is 11.3. The van der Waals surface area contributed by atoms with Gasteiger partial charge in [-0.05, 0) is 18.5 Å². The van der Waals surface area contributed by atoms with Gasteiger partial charge in [0.05, 0.1) is 12.1 Å². The highest BCUT2D eigenvalue weighted by Gasteiger charge is 2.14. The van der Waals surface area contributed by atoms with Crippen LogP contribution in [0, 0.1) is 0 Å². The van der Waals surface area contributed by atoms with Gasteiger partial charge in [-0.2, -0.15) is 0 Å². The van der Waals surface area contributed by atoms with Crippen molar-refractivity contribution < 1.29 is 4.79 Å². The van der Waals surface area contributed by atoms with E-state index in [4.69, 9.17) is 0 Å². The van der Waals surface area contributed by atoms with E-state index < -0.39 is 0 Å². The van der Waals surface area contributed by atoms with Crippen LogP contribution in [-0.4, -0.2) is 23.4 Å². The molecule has 2 rings (SSSR count). The Morgan fingerprint density at radius 3 is 2.78 bits per heavy atom. The van der Waals surface area contributed by atoms with Crippen LogP contribution in [0.3, 0.4) is 0 Å². The Morgan fingerprint density at radius 1 is 1.33 bits per heavy atom. The van der Waals surface area contributed by atoms with Gasteiger partial charge in [0.1, 0.15) is 0 Å². The van der Waals surface area contributed by atoms with Crippen molar-refractivity contribution in [3.05, 3.63) is 35.5 Å². The van der Waals surface area contributed by atoms with Crippen molar-refractivity contribution in [2.24, 2.45) is 7.05 Å². The van der Waals surface area contributed by atoms with Gasteiger partial charge in [0.2, 0.25) is 0 Å². The third kappa shape index (κ3) is 2.18. The lowest BCUT2D eigenvalue weighted by Gasteiger charge is -2.03. The summed E-state index contributed by atoms with van der Waals surface area (Å²) in [7, 11) is 2.01. The molecular formula is C15H20N2O. The monoisotopic (exact) mass is 244 g/mol. The summed E-state index contributed by atoms with van der Waals surface area (Å²) in [6.45, 7) is 5.37. The van der Waals surface area contributed by atoms with Crippen LogP contribution < -0.4 is 5.32 Å². The molecule has 0 saturated heterocycles. The average Bonchev–Trinajstić information content (AvgIpc) is 2.73. The number of aromatic nitrogens is 1. The summed E-state index contributed by atoms with van der Waals surface area (Å²) in [6, 6.07) is 6.19. The van der Waals surface area contributed by atoms with Crippen molar-refractivity contribution in [2.75, 3.05) is 13.1 Å². The maximum atomic E-state index is 12.2. The van der Waals surface area contributed by atoms with Crippen molar-refractivity contribution >= 4 is 16.7 Å². The summed E-state index contributed by atoms with van der Waals surface area (Å²) >= 11 is 0. The van der Waals surface area contributed by atoms with E-state index in [0.29, 0.717) is 6.54 Å². The molecule has 1 heterocycles. The molecule has 0 aliphatic heterocycles. The van der Waals surface area contributed by atoms with E-state index >= 15 is 0 Å². The first kappa shape index (κ1) is 12.8. The van der Waals surface area contributed by atoms with E-state index in [0.717, 1.165) is 23.9 Å². The normalized spacial score (nSPS) is 11.1. The molecule has 1 aromatic heterocycles. The van der Waals surface area contributed by atoms with Gasteiger partial charge in [0, 0.05) is 24.2 Å². The Kier molecular flexibility index (Phi) is 3.82. The highest BCUT2D eigenvalue weighted by Crippen LogP contribution is 2.24. The predicted octanol–water partition coefficient (Wildman–Crippen LogP) is 2.53. The van der Waals surface area contributed by atoms with Gasteiger partial charge in [0.25, 0.3) is 0 Å².